The maximum atomic E-state index is 14.0. The molecule has 0 amide bonds. The third kappa shape index (κ3) is 6.95. The summed E-state index contributed by atoms with van der Waals surface area (Å²) in [4.78, 5) is 52.6. The summed E-state index contributed by atoms with van der Waals surface area (Å²) in [5.41, 5.74) is 0.710. The largest absolute Gasteiger partial charge is 0.458 e. The Bertz CT molecular complexity index is 1450. The topological polar surface area (TPSA) is 149 Å². The molecule has 2 N–H and O–H groups in total. The lowest BCUT2D eigenvalue weighted by atomic mass is 9.49. The van der Waals surface area contributed by atoms with E-state index >= 15 is 0 Å². The highest BCUT2D eigenvalue weighted by molar-refractivity contribution is 5.80. The zero-order valence-electron chi connectivity index (χ0n) is 29.5. The van der Waals surface area contributed by atoms with Crippen molar-refractivity contribution in [2.75, 3.05) is 14.1 Å². The number of fused-ring (bicyclic) bond motifs is 3. The van der Waals surface area contributed by atoms with Gasteiger partial charge in [0.05, 0.1) is 12.1 Å². The van der Waals surface area contributed by atoms with Crippen LogP contribution in [0, 0.1) is 22.7 Å². The SMILES string of the molecule is C=C1[C@@H](OC(=O)[C@H](OC(C)=O)[C@H](c2ccccc2)N(C)C)C[C@H](O)[C@]2(C)[C@@H]1C[C@@H]1C[C@H](OC(C)=O)C(C)=C([C@@H](OC(C)=O)[C@@H]2O)C1(C)C. The minimum Gasteiger partial charge on any atom is -0.458 e. The van der Waals surface area contributed by atoms with Crippen LogP contribution in [0.15, 0.2) is 53.6 Å². The summed E-state index contributed by atoms with van der Waals surface area (Å²) < 4.78 is 23.3. The van der Waals surface area contributed by atoms with Crippen molar-refractivity contribution < 1.29 is 48.3 Å². The number of esters is 4. The first-order chi connectivity index (χ1) is 22.3. The maximum Gasteiger partial charge on any atom is 0.350 e. The minimum atomic E-state index is -1.39. The standard InChI is InChI=1S/C37H51NO10/c1-19-26-16-25-17-27(45-21(3)39)20(2)30(36(25,6)7)32(46-22(4)40)34(43)37(26,8)29(42)18-28(19)48-35(44)33(47-23(5)41)31(38(9)10)24-14-12-11-13-15-24/h11-15,25-29,31-34,42-43H,1,16-18H2,2-10H3/t25-,26-,27+,28+,29+,31+,32-,33-,34+,37+/m1/s1. The Kier molecular flexibility index (Phi) is 11.0. The normalized spacial score (nSPS) is 32.6. The van der Waals surface area contributed by atoms with E-state index in [0.717, 1.165) is 5.56 Å². The first-order valence-electron chi connectivity index (χ1n) is 16.5. The van der Waals surface area contributed by atoms with Gasteiger partial charge < -0.3 is 29.2 Å². The fourth-order valence-electron chi connectivity index (χ4n) is 8.44. The molecule has 0 heterocycles. The van der Waals surface area contributed by atoms with Crippen LogP contribution in [0.5, 0.6) is 0 Å². The van der Waals surface area contributed by atoms with Gasteiger partial charge >= 0.3 is 23.9 Å². The summed E-state index contributed by atoms with van der Waals surface area (Å²) >= 11 is 0. The quantitative estimate of drug-likeness (QED) is 0.234. The van der Waals surface area contributed by atoms with E-state index in [4.69, 9.17) is 18.9 Å². The summed E-state index contributed by atoms with van der Waals surface area (Å²) in [6.07, 6.45) is -5.88. The zero-order chi connectivity index (χ0) is 35.9. The van der Waals surface area contributed by atoms with Crippen LogP contribution in [0.3, 0.4) is 0 Å². The molecule has 0 aliphatic heterocycles. The van der Waals surface area contributed by atoms with Crippen molar-refractivity contribution in [1.82, 2.24) is 4.90 Å². The Morgan fingerprint density at radius 1 is 0.875 bits per heavy atom. The minimum absolute atomic E-state index is 0.0889. The Balaban J connectivity index is 1.76. The van der Waals surface area contributed by atoms with Crippen molar-refractivity contribution in [1.29, 1.82) is 0 Å². The second-order valence-corrected chi connectivity index (χ2v) is 14.6. The van der Waals surface area contributed by atoms with Gasteiger partial charge in [0.25, 0.3) is 0 Å². The summed E-state index contributed by atoms with van der Waals surface area (Å²) in [5.74, 6) is -3.30. The average Bonchev–Trinajstić information content (AvgIpc) is 2.98. The van der Waals surface area contributed by atoms with Gasteiger partial charge in [-0.1, -0.05) is 57.7 Å². The van der Waals surface area contributed by atoms with Gasteiger partial charge in [-0.05, 0) is 73.4 Å². The second kappa shape index (κ2) is 14.1. The highest BCUT2D eigenvalue weighted by Crippen LogP contribution is 2.60. The predicted octanol–water partition coefficient (Wildman–Crippen LogP) is 4.07. The molecule has 0 saturated heterocycles. The van der Waals surface area contributed by atoms with Crippen molar-refractivity contribution in [3.05, 3.63) is 59.2 Å². The van der Waals surface area contributed by atoms with Crippen molar-refractivity contribution in [3.8, 4) is 0 Å². The molecule has 264 valence electrons. The molecule has 3 aliphatic carbocycles. The lowest BCUT2D eigenvalue weighted by Gasteiger charge is -2.58. The third-order valence-corrected chi connectivity index (χ3v) is 11.0. The van der Waals surface area contributed by atoms with Gasteiger partial charge in [0.15, 0.2) is 6.10 Å². The zero-order valence-corrected chi connectivity index (χ0v) is 29.5. The van der Waals surface area contributed by atoms with Crippen molar-refractivity contribution >= 4 is 23.9 Å². The number of hydrogen-bond donors (Lipinski definition) is 2. The van der Waals surface area contributed by atoms with Crippen LogP contribution in [0.4, 0.5) is 0 Å². The third-order valence-electron chi connectivity index (χ3n) is 11.0. The first kappa shape index (κ1) is 37.3. The number of benzene rings is 1. The molecule has 3 aliphatic rings. The molecule has 0 unspecified atom stereocenters. The van der Waals surface area contributed by atoms with E-state index in [1.807, 2.05) is 51.1 Å². The molecule has 11 heteroatoms. The lowest BCUT2D eigenvalue weighted by Crippen LogP contribution is -2.63. The van der Waals surface area contributed by atoms with Crippen LogP contribution >= 0.6 is 0 Å². The summed E-state index contributed by atoms with van der Waals surface area (Å²) in [7, 11) is 3.54. The lowest BCUT2D eigenvalue weighted by molar-refractivity contribution is -0.194. The molecule has 1 aromatic rings. The number of nitrogens with zero attached hydrogens (tertiary/aromatic N) is 1. The van der Waals surface area contributed by atoms with Gasteiger partial charge in [-0.15, -0.1) is 0 Å². The first-order valence-corrected chi connectivity index (χ1v) is 16.5. The summed E-state index contributed by atoms with van der Waals surface area (Å²) in [6, 6.07) is 8.49. The summed E-state index contributed by atoms with van der Waals surface area (Å²) in [5, 5.41) is 24.1. The smallest absolute Gasteiger partial charge is 0.350 e. The number of likely N-dealkylation sites (N-methyl/N-ethyl adjacent to an activating group) is 1. The van der Waals surface area contributed by atoms with E-state index in [0.29, 0.717) is 29.6 Å². The van der Waals surface area contributed by atoms with Crippen LogP contribution in [-0.2, 0) is 38.1 Å². The highest BCUT2D eigenvalue weighted by atomic mass is 16.6. The number of hydrogen-bond acceptors (Lipinski definition) is 11. The van der Waals surface area contributed by atoms with E-state index < -0.39 is 83.3 Å². The molecule has 0 radical (unpaired) electrons. The molecule has 2 saturated carbocycles. The van der Waals surface area contributed by atoms with Crippen LogP contribution < -0.4 is 0 Å². The Labute approximate surface area is 283 Å². The number of carbonyl (C=O) groups excluding carboxylic acids is 4. The van der Waals surface area contributed by atoms with Crippen molar-refractivity contribution in [2.45, 2.75) is 110 Å². The molecule has 4 rings (SSSR count). The fraction of sp³-hybridized carbons (Fsp3) is 0.622. The van der Waals surface area contributed by atoms with E-state index in [9.17, 15) is 29.4 Å². The van der Waals surface area contributed by atoms with E-state index in [-0.39, 0.29) is 12.3 Å². The number of carbonyl (C=O) groups is 4. The van der Waals surface area contributed by atoms with E-state index in [1.54, 1.807) is 25.9 Å². The van der Waals surface area contributed by atoms with E-state index in [1.165, 1.54) is 20.8 Å². The maximum absolute atomic E-state index is 14.0. The second-order valence-electron chi connectivity index (χ2n) is 14.6. The molecule has 2 bridgehead atoms. The van der Waals surface area contributed by atoms with E-state index in [2.05, 4.69) is 6.58 Å². The van der Waals surface area contributed by atoms with Gasteiger partial charge in [0.2, 0.25) is 6.10 Å². The monoisotopic (exact) mass is 669 g/mol. The molecular formula is C37H51NO10. The van der Waals surface area contributed by atoms with Crippen LogP contribution in [-0.4, -0.2) is 89.7 Å². The predicted molar refractivity (Wildman–Crippen MR) is 176 cm³/mol. The number of ether oxygens (including phenoxy) is 4. The molecule has 48 heavy (non-hydrogen) atoms. The molecule has 0 aromatic heterocycles. The van der Waals surface area contributed by atoms with Crippen molar-refractivity contribution in [2.24, 2.45) is 22.7 Å². The molecule has 0 spiro atoms. The van der Waals surface area contributed by atoms with Crippen molar-refractivity contribution in [3.63, 3.8) is 0 Å². The number of aliphatic hydroxyl groups excluding tert-OH is 2. The van der Waals surface area contributed by atoms with Gasteiger partial charge in [-0.3, -0.25) is 19.3 Å². The molecular weight excluding hydrogens is 618 g/mol. The Morgan fingerprint density at radius 3 is 2.02 bits per heavy atom. The Hall–Kier alpha value is -3.54. The van der Waals surface area contributed by atoms with Gasteiger partial charge in [-0.25, -0.2) is 4.79 Å². The number of aliphatic hydroxyl groups is 2. The van der Waals surface area contributed by atoms with Gasteiger partial charge in [0.1, 0.15) is 18.3 Å². The average molecular weight is 670 g/mol. The fourth-order valence-corrected chi connectivity index (χ4v) is 8.44. The number of rotatable bonds is 8. The highest BCUT2D eigenvalue weighted by Gasteiger charge is 2.62. The molecule has 1 aromatic carbocycles. The van der Waals surface area contributed by atoms with Gasteiger partial charge in [0, 0.05) is 32.6 Å². The molecule has 10 atom stereocenters. The Morgan fingerprint density at radius 2 is 1.48 bits per heavy atom. The summed E-state index contributed by atoms with van der Waals surface area (Å²) in [6.45, 7) is 15.8. The van der Waals surface area contributed by atoms with Crippen LogP contribution in [0.25, 0.3) is 0 Å². The van der Waals surface area contributed by atoms with Crippen LogP contribution in [0.2, 0.25) is 0 Å². The molecule has 11 nitrogen and oxygen atoms in total. The van der Waals surface area contributed by atoms with Crippen LogP contribution in [0.1, 0.15) is 79.3 Å². The molecule has 2 fully saturated rings. The van der Waals surface area contributed by atoms with Gasteiger partial charge in [-0.2, -0.15) is 0 Å².